The number of ketones is 1. The fraction of sp³-hybridized carbons (Fsp3) is 0.400. The highest BCUT2D eigenvalue weighted by Gasteiger charge is 2.21. The molecule has 0 aliphatic rings. The van der Waals surface area contributed by atoms with Gasteiger partial charge in [0.1, 0.15) is 11.6 Å². The molecule has 0 bridgehead atoms. The average molecular weight is 250 g/mol. The van der Waals surface area contributed by atoms with Gasteiger partial charge in [0.05, 0.1) is 5.56 Å². The van der Waals surface area contributed by atoms with Gasteiger partial charge in [-0.1, -0.05) is 19.8 Å². The number of carbonyl (C=O) groups is 1. The Balaban J connectivity index is 2.91. The van der Waals surface area contributed by atoms with Gasteiger partial charge in [-0.3, -0.25) is 4.79 Å². The summed E-state index contributed by atoms with van der Waals surface area (Å²) in [5.41, 5.74) is -0.0762. The number of terminal acetylenes is 1. The van der Waals surface area contributed by atoms with Crippen molar-refractivity contribution in [2.45, 2.75) is 32.6 Å². The monoisotopic (exact) mass is 250 g/mol. The van der Waals surface area contributed by atoms with Crippen molar-refractivity contribution in [1.82, 2.24) is 0 Å². The number of carbonyl (C=O) groups excluding carboxylic acids is 1. The molecule has 1 nitrogen and oxygen atoms in total. The molecule has 1 rings (SSSR count). The Kier molecular flexibility index (Phi) is 5.51. The fourth-order valence-electron chi connectivity index (χ4n) is 1.83. The third-order valence-corrected chi connectivity index (χ3v) is 2.84. The lowest BCUT2D eigenvalue weighted by molar-refractivity contribution is 0.0910. The second-order valence-corrected chi connectivity index (χ2v) is 4.24. The van der Waals surface area contributed by atoms with Crippen molar-refractivity contribution in [2.75, 3.05) is 0 Å². The van der Waals surface area contributed by atoms with Crippen molar-refractivity contribution in [2.24, 2.45) is 5.92 Å². The third kappa shape index (κ3) is 3.66. The zero-order valence-corrected chi connectivity index (χ0v) is 10.4. The molecule has 0 aromatic heterocycles. The highest BCUT2D eigenvalue weighted by molar-refractivity contribution is 5.98. The van der Waals surface area contributed by atoms with E-state index in [-0.39, 0.29) is 23.7 Å². The van der Waals surface area contributed by atoms with Crippen LogP contribution in [0.5, 0.6) is 0 Å². The van der Waals surface area contributed by atoms with Gasteiger partial charge in [-0.25, -0.2) is 8.78 Å². The Bertz CT molecular complexity index is 460. The molecule has 0 aliphatic carbocycles. The molecular weight excluding hydrogens is 234 g/mol. The predicted molar refractivity (Wildman–Crippen MR) is 67.2 cm³/mol. The summed E-state index contributed by atoms with van der Waals surface area (Å²) in [6.07, 6.45) is 7.95. The molecule has 96 valence electrons. The van der Waals surface area contributed by atoms with E-state index in [1.165, 1.54) is 6.07 Å². The van der Waals surface area contributed by atoms with E-state index in [2.05, 4.69) is 5.92 Å². The Morgan fingerprint density at radius 1 is 1.44 bits per heavy atom. The number of rotatable bonds is 6. The Morgan fingerprint density at radius 2 is 2.17 bits per heavy atom. The lowest BCUT2D eigenvalue weighted by Crippen LogP contribution is -2.16. The summed E-state index contributed by atoms with van der Waals surface area (Å²) in [4.78, 5) is 12.1. The summed E-state index contributed by atoms with van der Waals surface area (Å²) >= 11 is 0. The van der Waals surface area contributed by atoms with Gasteiger partial charge in [0.25, 0.3) is 0 Å². The zero-order chi connectivity index (χ0) is 13.5. The summed E-state index contributed by atoms with van der Waals surface area (Å²) < 4.78 is 26.3. The van der Waals surface area contributed by atoms with Crippen molar-refractivity contribution in [3.63, 3.8) is 0 Å². The van der Waals surface area contributed by atoms with E-state index in [1.54, 1.807) is 0 Å². The normalized spacial score (nSPS) is 11.9. The number of hydrogen-bond donors (Lipinski definition) is 0. The molecular formula is C15H16F2O. The molecule has 18 heavy (non-hydrogen) atoms. The van der Waals surface area contributed by atoms with Crippen molar-refractivity contribution in [3.8, 4) is 12.3 Å². The smallest absolute Gasteiger partial charge is 0.169 e. The maximum absolute atomic E-state index is 13.5. The standard InChI is InChI=1S/C15H16F2O/c1-3-5-7-11(6-4-2)15(18)13-9-8-12(16)10-14(13)17/h2,8-11H,3,5-7H2,1H3. The number of hydrogen-bond acceptors (Lipinski definition) is 1. The number of halogens is 2. The molecule has 0 fully saturated rings. The summed E-state index contributed by atoms with van der Waals surface area (Å²) in [5.74, 6) is 0.217. The zero-order valence-electron chi connectivity index (χ0n) is 10.4. The van der Waals surface area contributed by atoms with Crippen LogP contribution in [0.25, 0.3) is 0 Å². The van der Waals surface area contributed by atoms with E-state index in [4.69, 9.17) is 6.42 Å². The minimum atomic E-state index is -0.821. The molecule has 3 heteroatoms. The van der Waals surface area contributed by atoms with Crippen LogP contribution in [-0.4, -0.2) is 5.78 Å². The van der Waals surface area contributed by atoms with Crippen molar-refractivity contribution in [3.05, 3.63) is 35.4 Å². The number of Topliss-reactive ketones (excluding diaryl/α,β-unsaturated/α-hetero) is 1. The first-order valence-corrected chi connectivity index (χ1v) is 6.02. The SMILES string of the molecule is C#CCC(CCCC)C(=O)c1ccc(F)cc1F. The van der Waals surface area contributed by atoms with E-state index >= 15 is 0 Å². The van der Waals surface area contributed by atoms with Crippen LogP contribution in [0.2, 0.25) is 0 Å². The van der Waals surface area contributed by atoms with Gasteiger partial charge < -0.3 is 0 Å². The lowest BCUT2D eigenvalue weighted by atomic mass is 9.90. The van der Waals surface area contributed by atoms with E-state index in [9.17, 15) is 13.6 Å². The van der Waals surface area contributed by atoms with Crippen molar-refractivity contribution < 1.29 is 13.6 Å². The van der Waals surface area contributed by atoms with Crippen LogP contribution in [0.15, 0.2) is 18.2 Å². The van der Waals surface area contributed by atoms with Gasteiger partial charge in [0.2, 0.25) is 0 Å². The first-order valence-electron chi connectivity index (χ1n) is 6.02. The first kappa shape index (κ1) is 14.4. The third-order valence-electron chi connectivity index (χ3n) is 2.84. The van der Waals surface area contributed by atoms with Gasteiger partial charge in [-0.05, 0) is 18.6 Å². The van der Waals surface area contributed by atoms with Crippen LogP contribution < -0.4 is 0 Å². The maximum atomic E-state index is 13.5. The lowest BCUT2D eigenvalue weighted by Gasteiger charge is -2.13. The summed E-state index contributed by atoms with van der Waals surface area (Å²) in [7, 11) is 0. The summed E-state index contributed by atoms with van der Waals surface area (Å²) in [6, 6.07) is 2.99. The Labute approximate surface area is 106 Å². The first-order chi connectivity index (χ1) is 8.60. The van der Waals surface area contributed by atoms with E-state index < -0.39 is 11.6 Å². The van der Waals surface area contributed by atoms with Gasteiger partial charge in [-0.15, -0.1) is 12.3 Å². The van der Waals surface area contributed by atoms with E-state index in [0.717, 1.165) is 25.0 Å². The van der Waals surface area contributed by atoms with Crippen molar-refractivity contribution in [1.29, 1.82) is 0 Å². The second-order valence-electron chi connectivity index (χ2n) is 4.24. The summed E-state index contributed by atoms with van der Waals surface area (Å²) in [6.45, 7) is 2.01. The molecule has 1 unspecified atom stereocenters. The quantitative estimate of drug-likeness (QED) is 0.551. The molecule has 1 aromatic carbocycles. The minimum Gasteiger partial charge on any atom is -0.294 e. The highest BCUT2D eigenvalue weighted by atomic mass is 19.1. The molecule has 0 saturated carbocycles. The van der Waals surface area contributed by atoms with E-state index in [1.807, 2.05) is 6.92 Å². The van der Waals surface area contributed by atoms with Crippen LogP contribution in [0.3, 0.4) is 0 Å². The van der Waals surface area contributed by atoms with Crippen LogP contribution in [-0.2, 0) is 0 Å². The molecule has 1 atom stereocenters. The predicted octanol–water partition coefficient (Wildman–Crippen LogP) is 3.98. The van der Waals surface area contributed by atoms with Crippen LogP contribution >= 0.6 is 0 Å². The van der Waals surface area contributed by atoms with Gasteiger partial charge in [-0.2, -0.15) is 0 Å². The molecule has 1 aromatic rings. The molecule has 0 radical (unpaired) electrons. The summed E-state index contributed by atoms with van der Waals surface area (Å²) in [5, 5.41) is 0. The molecule has 0 saturated heterocycles. The van der Waals surface area contributed by atoms with Crippen LogP contribution in [0.4, 0.5) is 8.78 Å². The fourth-order valence-corrected chi connectivity index (χ4v) is 1.83. The molecule has 0 aliphatic heterocycles. The van der Waals surface area contributed by atoms with Gasteiger partial charge in [0.15, 0.2) is 5.78 Å². The largest absolute Gasteiger partial charge is 0.294 e. The highest BCUT2D eigenvalue weighted by Crippen LogP contribution is 2.21. The Hall–Kier alpha value is -1.69. The molecule has 0 heterocycles. The molecule has 0 spiro atoms. The minimum absolute atomic E-state index is 0.0762. The maximum Gasteiger partial charge on any atom is 0.169 e. The average Bonchev–Trinajstić information content (AvgIpc) is 2.33. The number of benzene rings is 1. The Morgan fingerprint density at radius 3 is 2.72 bits per heavy atom. The van der Waals surface area contributed by atoms with Gasteiger partial charge in [0, 0.05) is 18.4 Å². The molecule has 0 amide bonds. The topological polar surface area (TPSA) is 17.1 Å². The van der Waals surface area contributed by atoms with E-state index in [0.29, 0.717) is 6.42 Å². The van der Waals surface area contributed by atoms with Crippen LogP contribution in [0, 0.1) is 29.9 Å². The van der Waals surface area contributed by atoms with Crippen LogP contribution in [0.1, 0.15) is 43.0 Å². The van der Waals surface area contributed by atoms with Crippen molar-refractivity contribution >= 4 is 5.78 Å². The second kappa shape index (κ2) is 6.90. The van der Waals surface area contributed by atoms with Gasteiger partial charge >= 0.3 is 0 Å². The molecule has 0 N–H and O–H groups in total. The number of unbranched alkanes of at least 4 members (excludes halogenated alkanes) is 1.